The third-order valence-electron chi connectivity index (χ3n) is 4.25. The lowest BCUT2D eigenvalue weighted by Crippen LogP contribution is -2.32. The number of methoxy groups -OCH3 is 1. The summed E-state index contributed by atoms with van der Waals surface area (Å²) in [7, 11) is 1.62. The lowest BCUT2D eigenvalue weighted by Gasteiger charge is -2.11. The van der Waals surface area contributed by atoms with Crippen molar-refractivity contribution in [3.05, 3.63) is 85.0 Å². The Morgan fingerprint density at radius 3 is 2.48 bits per heavy atom. The Kier molecular flexibility index (Phi) is 6.28. The van der Waals surface area contributed by atoms with E-state index >= 15 is 0 Å². The Bertz CT molecular complexity index is 854. The molecule has 0 aliphatic heterocycles. The second-order valence-electron chi connectivity index (χ2n) is 6.37. The Labute approximate surface area is 159 Å². The molecule has 0 saturated carbocycles. The number of ether oxygens (including phenoxy) is 2. The SMILES string of the molecule is C=Cc1ccc(C[n+]2ccn(CC(O)COc3ccc(OC)cc3)c2)cc1. The third-order valence-corrected chi connectivity index (χ3v) is 4.25. The fourth-order valence-corrected chi connectivity index (χ4v) is 2.77. The largest absolute Gasteiger partial charge is 0.497 e. The normalized spacial score (nSPS) is 11.8. The van der Waals surface area contributed by atoms with Gasteiger partial charge in [0.2, 0.25) is 6.33 Å². The van der Waals surface area contributed by atoms with Crippen molar-refractivity contribution in [2.24, 2.45) is 0 Å². The van der Waals surface area contributed by atoms with E-state index in [2.05, 4.69) is 35.4 Å². The standard InChI is InChI=1S/C22H25N2O3/c1-3-18-4-6-19(7-5-18)14-23-12-13-24(17-23)15-20(25)16-27-22-10-8-21(26-2)9-11-22/h3-13,17,20,25H,1,14-16H2,2H3/q+1. The first-order valence-electron chi connectivity index (χ1n) is 8.87. The highest BCUT2D eigenvalue weighted by Crippen LogP contribution is 2.17. The maximum atomic E-state index is 10.2. The molecule has 2 aromatic carbocycles. The Hall–Kier alpha value is -3.05. The van der Waals surface area contributed by atoms with Gasteiger partial charge in [0.25, 0.3) is 0 Å². The molecule has 1 heterocycles. The molecule has 1 atom stereocenters. The summed E-state index contributed by atoms with van der Waals surface area (Å²) in [5.41, 5.74) is 2.33. The molecule has 3 rings (SSSR count). The van der Waals surface area contributed by atoms with Gasteiger partial charge in [0.05, 0.1) is 7.11 Å². The van der Waals surface area contributed by atoms with E-state index in [-0.39, 0.29) is 6.61 Å². The summed E-state index contributed by atoms with van der Waals surface area (Å²) in [6.45, 7) is 5.25. The van der Waals surface area contributed by atoms with E-state index in [0.29, 0.717) is 12.3 Å². The van der Waals surface area contributed by atoms with Crippen LogP contribution in [0, 0.1) is 0 Å². The topological polar surface area (TPSA) is 47.5 Å². The average molecular weight is 365 g/mol. The van der Waals surface area contributed by atoms with E-state index in [1.807, 2.05) is 53.6 Å². The lowest BCUT2D eigenvalue weighted by molar-refractivity contribution is -0.687. The summed E-state index contributed by atoms with van der Waals surface area (Å²) >= 11 is 0. The van der Waals surface area contributed by atoms with Gasteiger partial charge in [0.15, 0.2) is 0 Å². The van der Waals surface area contributed by atoms with Crippen LogP contribution in [0.5, 0.6) is 11.5 Å². The Morgan fingerprint density at radius 2 is 1.81 bits per heavy atom. The van der Waals surface area contributed by atoms with Crippen LogP contribution in [0.2, 0.25) is 0 Å². The third kappa shape index (κ3) is 5.46. The molecule has 1 N–H and O–H groups in total. The van der Waals surface area contributed by atoms with Gasteiger partial charge in [-0.2, -0.15) is 0 Å². The number of hydrogen-bond donors (Lipinski definition) is 1. The van der Waals surface area contributed by atoms with Crippen molar-refractivity contribution in [2.75, 3.05) is 13.7 Å². The van der Waals surface area contributed by atoms with E-state index < -0.39 is 6.10 Å². The zero-order valence-corrected chi connectivity index (χ0v) is 15.5. The predicted molar refractivity (Wildman–Crippen MR) is 105 cm³/mol. The van der Waals surface area contributed by atoms with Gasteiger partial charge in [-0.1, -0.05) is 36.9 Å². The van der Waals surface area contributed by atoms with Crippen molar-refractivity contribution in [1.82, 2.24) is 4.57 Å². The molecule has 5 nitrogen and oxygen atoms in total. The highest BCUT2D eigenvalue weighted by molar-refractivity contribution is 5.47. The van der Waals surface area contributed by atoms with Gasteiger partial charge in [-0.25, -0.2) is 9.13 Å². The second-order valence-corrected chi connectivity index (χ2v) is 6.37. The van der Waals surface area contributed by atoms with Crippen LogP contribution in [0.4, 0.5) is 0 Å². The lowest BCUT2D eigenvalue weighted by atomic mass is 10.1. The minimum Gasteiger partial charge on any atom is -0.497 e. The van der Waals surface area contributed by atoms with Crippen LogP contribution in [0.3, 0.4) is 0 Å². The van der Waals surface area contributed by atoms with Crippen LogP contribution in [-0.2, 0) is 13.1 Å². The number of nitrogens with zero attached hydrogens (tertiary/aromatic N) is 2. The fourth-order valence-electron chi connectivity index (χ4n) is 2.77. The molecular weight excluding hydrogens is 340 g/mol. The molecule has 1 unspecified atom stereocenters. The molecular formula is C22H25N2O3+. The zero-order valence-electron chi connectivity index (χ0n) is 15.5. The smallest absolute Gasteiger partial charge is 0.244 e. The molecule has 0 radical (unpaired) electrons. The second kappa shape index (κ2) is 9.05. The summed E-state index contributed by atoms with van der Waals surface area (Å²) in [6, 6.07) is 15.6. The number of aliphatic hydroxyl groups excluding tert-OH is 1. The summed E-state index contributed by atoms with van der Waals surface area (Å²) in [5, 5.41) is 10.2. The van der Waals surface area contributed by atoms with Crippen molar-refractivity contribution in [3.63, 3.8) is 0 Å². The number of hydrogen-bond acceptors (Lipinski definition) is 3. The molecule has 140 valence electrons. The molecule has 0 bridgehead atoms. The monoisotopic (exact) mass is 365 g/mol. The summed E-state index contributed by atoms with van der Waals surface area (Å²) in [5.74, 6) is 1.49. The molecule has 0 aliphatic rings. The van der Waals surface area contributed by atoms with Gasteiger partial charge in [0.1, 0.15) is 49.7 Å². The van der Waals surface area contributed by atoms with Crippen LogP contribution >= 0.6 is 0 Å². The van der Waals surface area contributed by atoms with Gasteiger partial charge in [-0.05, 0) is 35.4 Å². The van der Waals surface area contributed by atoms with Crippen molar-refractivity contribution in [1.29, 1.82) is 0 Å². The molecule has 5 heteroatoms. The van der Waals surface area contributed by atoms with Crippen LogP contribution in [0.1, 0.15) is 11.1 Å². The van der Waals surface area contributed by atoms with Crippen molar-refractivity contribution >= 4 is 6.08 Å². The number of aromatic nitrogens is 2. The number of aliphatic hydroxyl groups is 1. The Balaban J connectivity index is 1.49. The van der Waals surface area contributed by atoms with Crippen LogP contribution in [0.15, 0.2) is 73.8 Å². The highest BCUT2D eigenvalue weighted by Gasteiger charge is 2.12. The van der Waals surface area contributed by atoms with Crippen LogP contribution < -0.4 is 14.0 Å². The molecule has 0 spiro atoms. The Morgan fingerprint density at radius 1 is 1.11 bits per heavy atom. The molecule has 3 aromatic rings. The van der Waals surface area contributed by atoms with Crippen molar-refractivity contribution in [3.8, 4) is 11.5 Å². The van der Waals surface area contributed by atoms with Gasteiger partial charge in [-0.15, -0.1) is 0 Å². The predicted octanol–water partition coefficient (Wildman–Crippen LogP) is 2.92. The van der Waals surface area contributed by atoms with Gasteiger partial charge in [0, 0.05) is 0 Å². The van der Waals surface area contributed by atoms with E-state index in [1.54, 1.807) is 7.11 Å². The van der Waals surface area contributed by atoms with Gasteiger partial charge >= 0.3 is 0 Å². The maximum Gasteiger partial charge on any atom is 0.244 e. The summed E-state index contributed by atoms with van der Waals surface area (Å²) in [4.78, 5) is 0. The maximum absolute atomic E-state index is 10.2. The van der Waals surface area contributed by atoms with Gasteiger partial charge < -0.3 is 14.6 Å². The molecule has 27 heavy (non-hydrogen) atoms. The molecule has 0 aliphatic carbocycles. The number of benzene rings is 2. The van der Waals surface area contributed by atoms with E-state index in [9.17, 15) is 5.11 Å². The summed E-state index contributed by atoms with van der Waals surface area (Å²) < 4.78 is 14.8. The minimum atomic E-state index is -0.597. The molecule has 0 amide bonds. The van der Waals surface area contributed by atoms with E-state index in [1.165, 1.54) is 5.56 Å². The van der Waals surface area contributed by atoms with Gasteiger partial charge in [-0.3, -0.25) is 0 Å². The summed E-state index contributed by atoms with van der Waals surface area (Å²) in [6.07, 6.45) is 7.17. The van der Waals surface area contributed by atoms with Crippen LogP contribution in [0.25, 0.3) is 6.08 Å². The van der Waals surface area contributed by atoms with Crippen molar-refractivity contribution in [2.45, 2.75) is 19.2 Å². The number of rotatable bonds is 9. The zero-order chi connectivity index (χ0) is 19.1. The van der Waals surface area contributed by atoms with Crippen molar-refractivity contribution < 1.29 is 19.1 Å². The minimum absolute atomic E-state index is 0.230. The fraction of sp³-hybridized carbons (Fsp3) is 0.227. The quantitative estimate of drug-likeness (QED) is 0.593. The van der Waals surface area contributed by atoms with E-state index in [0.717, 1.165) is 17.9 Å². The molecule has 1 aromatic heterocycles. The van der Waals surface area contributed by atoms with Crippen LogP contribution in [-0.4, -0.2) is 29.5 Å². The molecule has 0 fully saturated rings. The average Bonchev–Trinajstić information content (AvgIpc) is 3.14. The first-order chi connectivity index (χ1) is 13.2. The number of imidazole rings is 1. The first-order valence-corrected chi connectivity index (χ1v) is 8.87. The molecule has 0 saturated heterocycles. The highest BCUT2D eigenvalue weighted by atomic mass is 16.5. The first kappa shape index (κ1) is 18.7. The van der Waals surface area contributed by atoms with E-state index in [4.69, 9.17) is 9.47 Å².